The van der Waals surface area contributed by atoms with Crippen molar-refractivity contribution in [1.82, 2.24) is 5.32 Å². The first-order valence-electron chi connectivity index (χ1n) is 8.63. The van der Waals surface area contributed by atoms with E-state index in [9.17, 15) is 4.79 Å². The number of nitrogens with one attached hydrogen (secondary N) is 1. The SMILES string of the molecule is COc1ccc2cc(CNC(=O)C(C)Oc3ccc(C)cc3)ccc2c1. The van der Waals surface area contributed by atoms with E-state index in [1.54, 1.807) is 14.0 Å². The van der Waals surface area contributed by atoms with Crippen LogP contribution in [0.1, 0.15) is 18.1 Å². The molecule has 4 nitrogen and oxygen atoms in total. The van der Waals surface area contributed by atoms with Crippen LogP contribution in [0.3, 0.4) is 0 Å². The maximum atomic E-state index is 12.3. The molecule has 0 aliphatic rings. The Hall–Kier alpha value is -3.01. The summed E-state index contributed by atoms with van der Waals surface area (Å²) in [6.07, 6.45) is -0.553. The topological polar surface area (TPSA) is 47.6 Å². The lowest BCUT2D eigenvalue weighted by atomic mass is 10.1. The fraction of sp³-hybridized carbons (Fsp3) is 0.227. The van der Waals surface area contributed by atoms with E-state index in [1.807, 2.05) is 61.5 Å². The van der Waals surface area contributed by atoms with Gasteiger partial charge in [0, 0.05) is 6.54 Å². The van der Waals surface area contributed by atoms with Gasteiger partial charge in [0.05, 0.1) is 7.11 Å². The summed E-state index contributed by atoms with van der Waals surface area (Å²) in [5.74, 6) is 1.39. The molecule has 1 atom stereocenters. The zero-order chi connectivity index (χ0) is 18.5. The van der Waals surface area contributed by atoms with E-state index in [0.29, 0.717) is 12.3 Å². The Morgan fingerprint density at radius 1 is 0.962 bits per heavy atom. The van der Waals surface area contributed by atoms with Gasteiger partial charge in [-0.05, 0) is 60.5 Å². The second-order valence-electron chi connectivity index (χ2n) is 6.34. The van der Waals surface area contributed by atoms with Crippen LogP contribution >= 0.6 is 0 Å². The minimum Gasteiger partial charge on any atom is -0.497 e. The van der Waals surface area contributed by atoms with Gasteiger partial charge in [-0.15, -0.1) is 0 Å². The summed E-state index contributed by atoms with van der Waals surface area (Å²) in [7, 11) is 1.66. The predicted octanol–water partition coefficient (Wildman–Crippen LogP) is 4.24. The Balaban J connectivity index is 1.59. The number of ether oxygens (including phenoxy) is 2. The minimum atomic E-state index is -0.553. The number of rotatable bonds is 6. The average Bonchev–Trinajstić information content (AvgIpc) is 2.67. The van der Waals surface area contributed by atoms with Gasteiger partial charge in [0.2, 0.25) is 0 Å². The molecule has 0 radical (unpaired) electrons. The molecule has 1 amide bonds. The number of aryl methyl sites for hydroxylation is 1. The highest BCUT2D eigenvalue weighted by molar-refractivity contribution is 5.85. The molecule has 0 aliphatic heterocycles. The van der Waals surface area contributed by atoms with E-state index < -0.39 is 6.10 Å². The first-order valence-corrected chi connectivity index (χ1v) is 8.63. The Kier molecular flexibility index (Phi) is 5.42. The van der Waals surface area contributed by atoms with Gasteiger partial charge in [-0.1, -0.05) is 35.9 Å². The number of amides is 1. The van der Waals surface area contributed by atoms with Crippen molar-refractivity contribution in [1.29, 1.82) is 0 Å². The molecular formula is C22H23NO3. The third-order valence-electron chi connectivity index (χ3n) is 4.28. The zero-order valence-corrected chi connectivity index (χ0v) is 15.3. The van der Waals surface area contributed by atoms with Crippen LogP contribution in [-0.2, 0) is 11.3 Å². The molecule has 134 valence electrons. The zero-order valence-electron chi connectivity index (χ0n) is 15.3. The molecule has 0 heterocycles. The van der Waals surface area contributed by atoms with Crippen LogP contribution in [0.15, 0.2) is 60.7 Å². The van der Waals surface area contributed by atoms with Crippen LogP contribution in [-0.4, -0.2) is 19.1 Å². The monoisotopic (exact) mass is 349 g/mol. The number of fused-ring (bicyclic) bond motifs is 1. The number of hydrogen-bond acceptors (Lipinski definition) is 3. The molecule has 0 bridgehead atoms. The lowest BCUT2D eigenvalue weighted by Gasteiger charge is -2.15. The maximum Gasteiger partial charge on any atom is 0.261 e. The molecule has 4 heteroatoms. The van der Waals surface area contributed by atoms with Gasteiger partial charge in [-0.2, -0.15) is 0 Å². The first-order chi connectivity index (χ1) is 12.5. The smallest absolute Gasteiger partial charge is 0.261 e. The molecule has 0 spiro atoms. The minimum absolute atomic E-state index is 0.139. The number of methoxy groups -OCH3 is 1. The highest BCUT2D eigenvalue weighted by atomic mass is 16.5. The Bertz CT molecular complexity index is 903. The number of hydrogen-bond donors (Lipinski definition) is 1. The maximum absolute atomic E-state index is 12.3. The standard InChI is InChI=1S/C22H23NO3/c1-15-4-9-20(10-5-15)26-16(2)22(24)23-14-17-6-7-19-13-21(25-3)11-8-18(19)12-17/h4-13,16H,14H2,1-3H3,(H,23,24). The van der Waals surface area contributed by atoms with Crippen LogP contribution in [0.2, 0.25) is 0 Å². The predicted molar refractivity (Wildman–Crippen MR) is 104 cm³/mol. The van der Waals surface area contributed by atoms with E-state index in [4.69, 9.17) is 9.47 Å². The van der Waals surface area contributed by atoms with Gasteiger partial charge < -0.3 is 14.8 Å². The van der Waals surface area contributed by atoms with Gasteiger partial charge in [-0.25, -0.2) is 0 Å². The molecule has 0 aliphatic carbocycles. The van der Waals surface area contributed by atoms with Crippen molar-refractivity contribution < 1.29 is 14.3 Å². The van der Waals surface area contributed by atoms with Crippen LogP contribution in [0.5, 0.6) is 11.5 Å². The molecule has 3 aromatic carbocycles. The van der Waals surface area contributed by atoms with E-state index in [-0.39, 0.29) is 5.91 Å². The molecule has 3 aromatic rings. The third kappa shape index (κ3) is 4.33. The summed E-state index contributed by atoms with van der Waals surface area (Å²) in [6.45, 7) is 4.23. The van der Waals surface area contributed by atoms with Gasteiger partial charge in [0.1, 0.15) is 11.5 Å². The normalized spacial score (nSPS) is 11.8. The van der Waals surface area contributed by atoms with E-state index in [0.717, 1.165) is 27.6 Å². The third-order valence-corrected chi connectivity index (χ3v) is 4.28. The van der Waals surface area contributed by atoms with E-state index in [1.165, 1.54) is 0 Å². The van der Waals surface area contributed by atoms with Crippen molar-refractivity contribution in [3.8, 4) is 11.5 Å². The van der Waals surface area contributed by atoms with Crippen molar-refractivity contribution in [2.75, 3.05) is 7.11 Å². The van der Waals surface area contributed by atoms with Gasteiger partial charge in [0.15, 0.2) is 6.10 Å². The fourth-order valence-electron chi connectivity index (χ4n) is 2.72. The molecule has 1 N–H and O–H groups in total. The molecule has 0 saturated heterocycles. The van der Waals surface area contributed by atoms with Gasteiger partial charge in [0.25, 0.3) is 5.91 Å². The number of carbonyl (C=O) groups is 1. The van der Waals surface area contributed by atoms with Crippen molar-refractivity contribution in [2.24, 2.45) is 0 Å². The number of carbonyl (C=O) groups excluding carboxylic acids is 1. The van der Waals surface area contributed by atoms with Crippen molar-refractivity contribution in [3.05, 3.63) is 71.8 Å². The van der Waals surface area contributed by atoms with E-state index >= 15 is 0 Å². The Morgan fingerprint density at radius 2 is 1.62 bits per heavy atom. The molecular weight excluding hydrogens is 326 g/mol. The molecule has 0 aromatic heterocycles. The fourth-order valence-corrected chi connectivity index (χ4v) is 2.72. The van der Waals surface area contributed by atoms with Crippen molar-refractivity contribution in [3.63, 3.8) is 0 Å². The second kappa shape index (κ2) is 7.91. The van der Waals surface area contributed by atoms with E-state index in [2.05, 4.69) is 11.4 Å². The summed E-state index contributed by atoms with van der Waals surface area (Å²) >= 11 is 0. The summed E-state index contributed by atoms with van der Waals surface area (Å²) in [5.41, 5.74) is 2.20. The van der Waals surface area contributed by atoms with Gasteiger partial charge in [-0.3, -0.25) is 4.79 Å². The van der Waals surface area contributed by atoms with Crippen LogP contribution in [0.25, 0.3) is 10.8 Å². The molecule has 26 heavy (non-hydrogen) atoms. The van der Waals surface area contributed by atoms with Crippen molar-refractivity contribution >= 4 is 16.7 Å². The lowest BCUT2D eigenvalue weighted by molar-refractivity contribution is -0.127. The summed E-state index contributed by atoms with van der Waals surface area (Å²) in [6, 6.07) is 19.7. The number of benzene rings is 3. The summed E-state index contributed by atoms with van der Waals surface area (Å²) < 4.78 is 10.9. The summed E-state index contributed by atoms with van der Waals surface area (Å²) in [5, 5.41) is 5.15. The van der Waals surface area contributed by atoms with Crippen LogP contribution < -0.4 is 14.8 Å². The lowest BCUT2D eigenvalue weighted by Crippen LogP contribution is -2.35. The average molecular weight is 349 g/mol. The van der Waals surface area contributed by atoms with Crippen LogP contribution in [0, 0.1) is 6.92 Å². The van der Waals surface area contributed by atoms with Crippen LogP contribution in [0.4, 0.5) is 0 Å². The molecule has 1 unspecified atom stereocenters. The quantitative estimate of drug-likeness (QED) is 0.724. The summed E-state index contributed by atoms with van der Waals surface area (Å²) in [4.78, 5) is 12.3. The largest absolute Gasteiger partial charge is 0.497 e. The highest BCUT2D eigenvalue weighted by Gasteiger charge is 2.14. The molecule has 0 saturated carbocycles. The molecule has 0 fully saturated rings. The second-order valence-corrected chi connectivity index (χ2v) is 6.34. The van der Waals surface area contributed by atoms with Gasteiger partial charge >= 0.3 is 0 Å². The highest BCUT2D eigenvalue weighted by Crippen LogP contribution is 2.22. The Labute approximate surface area is 153 Å². The molecule has 3 rings (SSSR count). The Morgan fingerprint density at radius 3 is 2.35 bits per heavy atom. The first kappa shape index (κ1) is 17.8. The van der Waals surface area contributed by atoms with Crippen molar-refractivity contribution in [2.45, 2.75) is 26.5 Å².